The molecular formula is C25H38N4O4S. The van der Waals surface area contributed by atoms with Gasteiger partial charge >= 0.3 is 0 Å². The molecule has 5 N–H and O–H groups in total. The molecule has 2 atom stereocenters. The number of nitrogens with two attached hydrogens (primary N) is 2. The highest BCUT2D eigenvalue weighted by atomic mass is 32.2. The molecule has 2 rings (SSSR count). The van der Waals surface area contributed by atoms with E-state index in [-0.39, 0.29) is 35.3 Å². The number of primary amides is 1. The molecule has 1 saturated heterocycles. The fourth-order valence-electron chi connectivity index (χ4n) is 4.31. The van der Waals surface area contributed by atoms with Crippen LogP contribution in [-0.4, -0.2) is 57.7 Å². The van der Waals surface area contributed by atoms with E-state index in [0.29, 0.717) is 13.0 Å². The first-order chi connectivity index (χ1) is 15.6. The lowest BCUT2D eigenvalue weighted by atomic mass is 9.78. The number of nitrogens with one attached hydrogen (secondary N) is 1. The van der Waals surface area contributed by atoms with Gasteiger partial charge in [0.1, 0.15) is 0 Å². The van der Waals surface area contributed by atoms with E-state index < -0.39 is 28.2 Å². The van der Waals surface area contributed by atoms with E-state index in [2.05, 4.69) is 31.3 Å². The molecule has 2 aliphatic rings. The summed E-state index contributed by atoms with van der Waals surface area (Å²) in [7, 11) is 0. The summed E-state index contributed by atoms with van der Waals surface area (Å²) in [4.78, 5) is 51.2. The molecule has 1 aliphatic heterocycles. The lowest BCUT2D eigenvalue weighted by molar-refractivity contribution is -0.147. The summed E-state index contributed by atoms with van der Waals surface area (Å²) in [5.41, 5.74) is 10.1. The smallest absolute Gasteiger partial charge is 0.243 e. The van der Waals surface area contributed by atoms with Gasteiger partial charge in [-0.2, -0.15) is 0 Å². The molecule has 0 aromatic rings. The van der Waals surface area contributed by atoms with E-state index in [1.54, 1.807) is 13.8 Å². The maximum absolute atomic E-state index is 13.1. The third-order valence-corrected chi connectivity index (χ3v) is 7.38. The topological polar surface area (TPSA) is 136 Å². The Bertz CT molecular complexity index is 933. The maximum atomic E-state index is 13.1. The Balaban J connectivity index is 2.01. The van der Waals surface area contributed by atoms with E-state index >= 15 is 0 Å². The second-order valence-electron chi connectivity index (χ2n) is 10.9. The van der Waals surface area contributed by atoms with Gasteiger partial charge in [0.05, 0.1) is 11.3 Å². The second kappa shape index (κ2) is 10.5. The predicted molar refractivity (Wildman–Crippen MR) is 136 cm³/mol. The van der Waals surface area contributed by atoms with Crippen molar-refractivity contribution in [2.45, 2.75) is 71.2 Å². The van der Waals surface area contributed by atoms with Crippen LogP contribution in [0.4, 0.5) is 0 Å². The Morgan fingerprint density at radius 1 is 1.24 bits per heavy atom. The van der Waals surface area contributed by atoms with Crippen molar-refractivity contribution in [1.29, 1.82) is 0 Å². The van der Waals surface area contributed by atoms with Crippen LogP contribution in [0.1, 0.15) is 54.4 Å². The van der Waals surface area contributed by atoms with Gasteiger partial charge in [0, 0.05) is 35.1 Å². The number of carbonyl (C=O) groups excluding carboxylic acids is 4. The highest BCUT2D eigenvalue weighted by molar-refractivity contribution is 8.00. The third kappa shape index (κ3) is 7.06. The van der Waals surface area contributed by atoms with Gasteiger partial charge in [-0.1, -0.05) is 58.1 Å². The summed E-state index contributed by atoms with van der Waals surface area (Å²) in [6, 6.07) is -0.877. The number of likely N-dealkylation sites (tertiary alicyclic amines) is 1. The van der Waals surface area contributed by atoms with Crippen molar-refractivity contribution < 1.29 is 19.2 Å². The van der Waals surface area contributed by atoms with Gasteiger partial charge in [-0.05, 0) is 25.8 Å². The zero-order valence-corrected chi connectivity index (χ0v) is 21.8. The molecule has 0 spiro atoms. The number of thioether (sulfide) groups is 1. The van der Waals surface area contributed by atoms with Gasteiger partial charge in [-0.25, -0.2) is 0 Å². The molecule has 1 aliphatic carbocycles. The number of nitrogens with zero attached hydrogens (tertiary/aromatic N) is 1. The van der Waals surface area contributed by atoms with Crippen LogP contribution in [0.3, 0.4) is 0 Å². The molecule has 0 radical (unpaired) electrons. The SMILES string of the molecule is CC1(C)C=CC=C(CNC(=O)C(C)(C)CC(C)(C)N2C(=O)CC(SCC(N)C(N)=O)C2=O)C=C1. The normalized spacial score (nSPS) is 21.3. The quantitative estimate of drug-likeness (QED) is 0.401. The highest BCUT2D eigenvalue weighted by Crippen LogP contribution is 2.37. The summed E-state index contributed by atoms with van der Waals surface area (Å²) in [5.74, 6) is -1.25. The first kappa shape index (κ1) is 27.9. The molecule has 0 bridgehead atoms. The lowest BCUT2D eigenvalue weighted by Crippen LogP contribution is -2.52. The summed E-state index contributed by atoms with van der Waals surface area (Å²) in [6.45, 7) is 11.8. The standard InChI is InChI=1S/C25H38N4O4S/c1-23(2)10-7-8-16(9-11-23)13-28-22(33)24(3,4)15-25(5,6)29-19(30)12-18(21(29)32)34-14-17(26)20(27)31/h7-11,17-18H,12-15,26H2,1-6H3,(H2,27,31)(H,28,33). The van der Waals surface area contributed by atoms with Crippen molar-refractivity contribution in [3.05, 3.63) is 36.0 Å². The number of hydrogen-bond donors (Lipinski definition) is 3. The molecule has 0 aromatic heterocycles. The molecule has 8 nitrogen and oxygen atoms in total. The molecule has 4 amide bonds. The molecule has 0 saturated carbocycles. The van der Waals surface area contributed by atoms with Gasteiger partial charge in [0.25, 0.3) is 0 Å². The van der Waals surface area contributed by atoms with Crippen molar-refractivity contribution in [1.82, 2.24) is 10.2 Å². The zero-order valence-electron chi connectivity index (χ0n) is 21.0. The van der Waals surface area contributed by atoms with Crippen LogP contribution >= 0.6 is 11.8 Å². The molecule has 34 heavy (non-hydrogen) atoms. The zero-order chi connectivity index (χ0) is 25.9. The fraction of sp³-hybridized carbons (Fsp3) is 0.600. The average Bonchev–Trinajstić information content (AvgIpc) is 2.88. The highest BCUT2D eigenvalue weighted by Gasteiger charge is 2.48. The Morgan fingerprint density at radius 2 is 1.88 bits per heavy atom. The molecule has 0 aromatic carbocycles. The molecule has 1 heterocycles. The Morgan fingerprint density at radius 3 is 2.50 bits per heavy atom. The van der Waals surface area contributed by atoms with Gasteiger partial charge in [-0.3, -0.25) is 24.1 Å². The molecule has 188 valence electrons. The summed E-state index contributed by atoms with van der Waals surface area (Å²) in [6.07, 6.45) is 10.5. The van der Waals surface area contributed by atoms with E-state index in [9.17, 15) is 19.2 Å². The van der Waals surface area contributed by atoms with Crippen molar-refractivity contribution >= 4 is 35.4 Å². The molecule has 9 heteroatoms. The minimum Gasteiger partial charge on any atom is -0.368 e. The predicted octanol–water partition coefficient (Wildman–Crippen LogP) is 2.05. The molecular weight excluding hydrogens is 452 g/mol. The number of hydrogen-bond acceptors (Lipinski definition) is 6. The van der Waals surface area contributed by atoms with E-state index in [1.807, 2.05) is 32.1 Å². The van der Waals surface area contributed by atoms with Crippen molar-refractivity contribution in [3.8, 4) is 0 Å². The van der Waals surface area contributed by atoms with Crippen LogP contribution < -0.4 is 16.8 Å². The number of amides is 4. The van der Waals surface area contributed by atoms with Gasteiger partial charge in [-0.15, -0.1) is 11.8 Å². The first-order valence-corrected chi connectivity index (χ1v) is 12.5. The van der Waals surface area contributed by atoms with E-state index in [0.717, 1.165) is 5.57 Å². The molecule has 1 fully saturated rings. The van der Waals surface area contributed by atoms with Gasteiger partial charge in [0.2, 0.25) is 23.6 Å². The van der Waals surface area contributed by atoms with Gasteiger partial charge < -0.3 is 16.8 Å². The third-order valence-electron chi connectivity index (χ3n) is 6.06. The first-order valence-electron chi connectivity index (χ1n) is 11.5. The average molecular weight is 491 g/mol. The lowest BCUT2D eigenvalue weighted by Gasteiger charge is -2.39. The monoisotopic (exact) mass is 490 g/mol. The van der Waals surface area contributed by atoms with Crippen LogP contribution in [-0.2, 0) is 19.2 Å². The summed E-state index contributed by atoms with van der Waals surface area (Å²) in [5, 5.41) is 2.38. The number of imide groups is 1. The Hall–Kier alpha value is -2.39. The van der Waals surface area contributed by atoms with Crippen molar-refractivity contribution in [3.63, 3.8) is 0 Å². The van der Waals surface area contributed by atoms with E-state index in [1.165, 1.54) is 16.7 Å². The largest absolute Gasteiger partial charge is 0.368 e. The van der Waals surface area contributed by atoms with Crippen molar-refractivity contribution in [2.75, 3.05) is 12.3 Å². The maximum Gasteiger partial charge on any atom is 0.243 e. The van der Waals surface area contributed by atoms with Gasteiger partial charge in [0.15, 0.2) is 0 Å². The summed E-state index contributed by atoms with van der Waals surface area (Å²) >= 11 is 1.17. The Labute approximate surface area is 206 Å². The summed E-state index contributed by atoms with van der Waals surface area (Å²) < 4.78 is 0. The number of allylic oxidation sites excluding steroid dienone is 4. The minimum absolute atomic E-state index is 0.0371. The minimum atomic E-state index is -0.877. The molecule has 2 unspecified atom stereocenters. The van der Waals surface area contributed by atoms with Crippen molar-refractivity contribution in [2.24, 2.45) is 22.3 Å². The van der Waals surface area contributed by atoms with Crippen LogP contribution in [0.25, 0.3) is 0 Å². The Kier molecular flexibility index (Phi) is 8.58. The van der Waals surface area contributed by atoms with Crippen LogP contribution in [0, 0.1) is 10.8 Å². The van der Waals surface area contributed by atoms with Crippen LogP contribution in [0.5, 0.6) is 0 Å². The number of rotatable bonds is 10. The fourth-order valence-corrected chi connectivity index (χ4v) is 5.42. The second-order valence-corrected chi connectivity index (χ2v) is 12.1. The van der Waals surface area contributed by atoms with Crippen LogP contribution in [0.2, 0.25) is 0 Å². The van der Waals surface area contributed by atoms with E-state index in [4.69, 9.17) is 11.5 Å². The van der Waals surface area contributed by atoms with Crippen LogP contribution in [0.15, 0.2) is 36.0 Å². The number of carbonyl (C=O) groups is 4.